The van der Waals surface area contributed by atoms with E-state index in [2.05, 4.69) is 20.5 Å². The topological polar surface area (TPSA) is 89.1 Å². The predicted octanol–water partition coefficient (Wildman–Crippen LogP) is 3.63. The predicted molar refractivity (Wildman–Crippen MR) is 104 cm³/mol. The Labute approximate surface area is 164 Å². The zero-order valence-electron chi connectivity index (χ0n) is 14.1. The number of benzene rings is 2. The van der Waals surface area contributed by atoms with E-state index in [1.54, 1.807) is 24.3 Å². The summed E-state index contributed by atoms with van der Waals surface area (Å²) in [6, 6.07) is 12.7. The minimum atomic E-state index is -0.166. The van der Waals surface area contributed by atoms with Crippen molar-refractivity contribution in [2.75, 3.05) is 24.3 Å². The third-order valence-corrected chi connectivity index (χ3v) is 4.93. The number of nitrogens with one attached hydrogen (secondary N) is 2. The molecule has 0 unspecified atom stereocenters. The van der Waals surface area contributed by atoms with Gasteiger partial charge >= 0.3 is 0 Å². The number of H-pyrrole nitrogens is 1. The van der Waals surface area contributed by atoms with Crippen LogP contribution >= 0.6 is 23.4 Å². The molecule has 7 nitrogen and oxygen atoms in total. The van der Waals surface area contributed by atoms with Crippen LogP contribution in [0.4, 0.5) is 5.69 Å². The van der Waals surface area contributed by atoms with E-state index in [4.69, 9.17) is 21.1 Å². The van der Waals surface area contributed by atoms with Crippen molar-refractivity contribution in [1.82, 2.24) is 15.2 Å². The van der Waals surface area contributed by atoms with Crippen LogP contribution in [-0.4, -0.2) is 40.1 Å². The quantitative estimate of drug-likeness (QED) is 0.633. The van der Waals surface area contributed by atoms with Crippen LogP contribution in [0, 0.1) is 0 Å². The van der Waals surface area contributed by atoms with E-state index in [1.807, 2.05) is 18.2 Å². The highest BCUT2D eigenvalue weighted by Crippen LogP contribution is 2.32. The van der Waals surface area contributed by atoms with Gasteiger partial charge in [-0.1, -0.05) is 35.5 Å². The summed E-state index contributed by atoms with van der Waals surface area (Å²) in [6.07, 6.45) is 0. The van der Waals surface area contributed by atoms with E-state index >= 15 is 0 Å². The number of hydrogen-bond donors (Lipinski definition) is 2. The van der Waals surface area contributed by atoms with Gasteiger partial charge in [-0.3, -0.25) is 9.89 Å². The number of aromatic nitrogens is 3. The lowest BCUT2D eigenvalue weighted by molar-refractivity contribution is -0.113. The molecule has 1 aliphatic heterocycles. The SMILES string of the molecule is O=C(CSc1n[nH]c(-c2ccccc2Cl)n1)Nc1ccc2c(c1)OCCO2. The Morgan fingerprint density at radius 2 is 2.00 bits per heavy atom. The lowest BCUT2D eigenvalue weighted by atomic mass is 10.2. The molecule has 1 aliphatic rings. The number of carbonyl (C=O) groups excluding carboxylic acids is 1. The van der Waals surface area contributed by atoms with Gasteiger partial charge in [-0.15, -0.1) is 5.10 Å². The van der Waals surface area contributed by atoms with Crippen LogP contribution < -0.4 is 14.8 Å². The average molecular weight is 403 g/mol. The zero-order valence-corrected chi connectivity index (χ0v) is 15.6. The Bertz CT molecular complexity index is 979. The first-order valence-electron chi connectivity index (χ1n) is 8.18. The van der Waals surface area contributed by atoms with Crippen molar-refractivity contribution < 1.29 is 14.3 Å². The molecule has 4 rings (SSSR count). The summed E-state index contributed by atoms with van der Waals surface area (Å²) < 4.78 is 11.0. The minimum absolute atomic E-state index is 0.166. The highest BCUT2D eigenvalue weighted by atomic mass is 35.5. The average Bonchev–Trinajstić information content (AvgIpc) is 3.15. The number of nitrogens with zero attached hydrogens (tertiary/aromatic N) is 2. The molecule has 0 saturated heterocycles. The van der Waals surface area contributed by atoms with Crippen molar-refractivity contribution in [3.05, 3.63) is 47.5 Å². The van der Waals surface area contributed by atoms with Gasteiger partial charge in [-0.2, -0.15) is 0 Å². The molecule has 2 heterocycles. The van der Waals surface area contributed by atoms with E-state index < -0.39 is 0 Å². The number of carbonyl (C=O) groups is 1. The molecular weight excluding hydrogens is 388 g/mol. The number of fused-ring (bicyclic) bond motifs is 1. The summed E-state index contributed by atoms with van der Waals surface area (Å²) in [5.41, 5.74) is 1.41. The first-order chi connectivity index (χ1) is 13.2. The maximum atomic E-state index is 12.2. The van der Waals surface area contributed by atoms with Gasteiger partial charge in [0.1, 0.15) is 13.2 Å². The molecule has 0 bridgehead atoms. The number of aromatic amines is 1. The molecule has 9 heteroatoms. The van der Waals surface area contributed by atoms with Crippen LogP contribution in [0.2, 0.25) is 5.02 Å². The number of rotatable bonds is 5. The number of ether oxygens (including phenoxy) is 2. The van der Waals surface area contributed by atoms with Crippen molar-refractivity contribution in [2.45, 2.75) is 5.16 Å². The Morgan fingerprint density at radius 3 is 2.85 bits per heavy atom. The van der Waals surface area contributed by atoms with Crippen LogP contribution in [0.25, 0.3) is 11.4 Å². The summed E-state index contributed by atoms with van der Waals surface area (Å²) in [5, 5.41) is 10.9. The number of anilines is 1. The van der Waals surface area contributed by atoms with E-state index in [9.17, 15) is 4.79 Å². The minimum Gasteiger partial charge on any atom is -0.486 e. The van der Waals surface area contributed by atoms with Gasteiger partial charge in [-0.25, -0.2) is 4.98 Å². The Hall–Kier alpha value is -2.71. The first kappa shape index (κ1) is 17.7. The number of halogens is 1. The van der Waals surface area contributed by atoms with E-state index in [0.717, 1.165) is 5.56 Å². The third-order valence-electron chi connectivity index (χ3n) is 3.75. The lowest BCUT2D eigenvalue weighted by Gasteiger charge is -2.18. The van der Waals surface area contributed by atoms with E-state index in [-0.39, 0.29) is 11.7 Å². The molecule has 0 atom stereocenters. The Kier molecular flexibility index (Phi) is 5.17. The van der Waals surface area contributed by atoms with E-state index in [1.165, 1.54) is 11.8 Å². The highest BCUT2D eigenvalue weighted by molar-refractivity contribution is 7.99. The van der Waals surface area contributed by atoms with Gasteiger partial charge in [0.2, 0.25) is 11.1 Å². The number of amides is 1. The smallest absolute Gasteiger partial charge is 0.234 e. The largest absolute Gasteiger partial charge is 0.486 e. The van der Waals surface area contributed by atoms with Crippen LogP contribution in [0.5, 0.6) is 11.5 Å². The van der Waals surface area contributed by atoms with Gasteiger partial charge in [-0.05, 0) is 24.3 Å². The van der Waals surface area contributed by atoms with Gasteiger partial charge in [0, 0.05) is 17.3 Å². The van der Waals surface area contributed by atoms with Crippen LogP contribution in [-0.2, 0) is 4.79 Å². The summed E-state index contributed by atoms with van der Waals surface area (Å²) in [6.45, 7) is 1.03. The molecule has 0 fully saturated rings. The Morgan fingerprint density at radius 1 is 1.19 bits per heavy atom. The molecule has 0 aliphatic carbocycles. The van der Waals surface area contributed by atoms with E-state index in [0.29, 0.717) is 46.4 Å². The molecule has 1 aromatic heterocycles. The zero-order chi connectivity index (χ0) is 18.6. The maximum Gasteiger partial charge on any atom is 0.234 e. The Balaban J connectivity index is 1.35. The number of hydrogen-bond acceptors (Lipinski definition) is 6. The molecule has 0 radical (unpaired) electrons. The molecule has 0 saturated carbocycles. The van der Waals surface area contributed by atoms with Crippen molar-refractivity contribution in [3.8, 4) is 22.9 Å². The van der Waals surface area contributed by atoms with Crippen LogP contribution in [0.1, 0.15) is 0 Å². The fourth-order valence-electron chi connectivity index (χ4n) is 2.53. The standard InChI is InChI=1S/C18H15ClN4O3S/c19-13-4-2-1-3-12(13)17-21-18(23-22-17)27-10-16(24)20-11-5-6-14-15(9-11)26-8-7-25-14/h1-6,9H,7-8,10H2,(H,20,24)(H,21,22,23). The normalized spacial score (nSPS) is 12.6. The summed E-state index contributed by atoms with van der Waals surface area (Å²) in [4.78, 5) is 16.6. The third kappa shape index (κ3) is 4.17. The summed E-state index contributed by atoms with van der Waals surface area (Å²) >= 11 is 7.39. The molecule has 2 N–H and O–H groups in total. The molecule has 138 valence electrons. The van der Waals surface area contributed by atoms with Crippen LogP contribution in [0.15, 0.2) is 47.6 Å². The molecule has 1 amide bonds. The van der Waals surface area contributed by atoms with Gasteiger partial charge < -0.3 is 14.8 Å². The summed E-state index contributed by atoms with van der Waals surface area (Å²) in [7, 11) is 0. The molecule has 0 spiro atoms. The second-order valence-corrected chi connectivity index (χ2v) is 6.99. The van der Waals surface area contributed by atoms with Gasteiger partial charge in [0.25, 0.3) is 0 Å². The van der Waals surface area contributed by atoms with Crippen molar-refractivity contribution in [1.29, 1.82) is 0 Å². The first-order valence-corrected chi connectivity index (χ1v) is 9.55. The second kappa shape index (κ2) is 7.89. The number of thioether (sulfide) groups is 1. The molecule has 2 aromatic carbocycles. The fraction of sp³-hybridized carbons (Fsp3) is 0.167. The maximum absolute atomic E-state index is 12.2. The molecular formula is C18H15ClN4O3S. The monoisotopic (exact) mass is 402 g/mol. The van der Waals surface area contributed by atoms with Crippen molar-refractivity contribution >= 4 is 35.0 Å². The fourth-order valence-corrected chi connectivity index (χ4v) is 3.36. The van der Waals surface area contributed by atoms with Gasteiger partial charge in [0.15, 0.2) is 17.3 Å². The molecule has 27 heavy (non-hydrogen) atoms. The lowest BCUT2D eigenvalue weighted by Crippen LogP contribution is -2.17. The van der Waals surface area contributed by atoms with Crippen molar-refractivity contribution in [2.24, 2.45) is 0 Å². The highest BCUT2D eigenvalue weighted by Gasteiger charge is 2.14. The van der Waals surface area contributed by atoms with Gasteiger partial charge in [0.05, 0.1) is 10.8 Å². The van der Waals surface area contributed by atoms with Crippen molar-refractivity contribution in [3.63, 3.8) is 0 Å². The molecule has 3 aromatic rings. The second-order valence-electron chi connectivity index (χ2n) is 5.64. The van der Waals surface area contributed by atoms with Crippen LogP contribution in [0.3, 0.4) is 0 Å². The summed E-state index contributed by atoms with van der Waals surface area (Å²) in [5.74, 6) is 1.89.